The van der Waals surface area contributed by atoms with Crippen LogP contribution in [-0.2, 0) is 4.79 Å². The highest BCUT2D eigenvalue weighted by Crippen LogP contribution is 2.40. The first kappa shape index (κ1) is 19.6. The number of carbonyl (C=O) groups excluding carboxylic acids is 2. The maximum atomic E-state index is 13.1. The summed E-state index contributed by atoms with van der Waals surface area (Å²) in [5, 5.41) is 3.51. The van der Waals surface area contributed by atoms with Gasteiger partial charge in [0.2, 0.25) is 5.91 Å². The molecule has 152 valence electrons. The second-order valence-corrected chi connectivity index (χ2v) is 9.21. The van der Waals surface area contributed by atoms with Crippen molar-refractivity contribution in [3.8, 4) is 5.75 Å². The molecule has 1 saturated carbocycles. The van der Waals surface area contributed by atoms with Crippen LogP contribution in [0.25, 0.3) is 0 Å². The molecule has 28 heavy (non-hydrogen) atoms. The van der Waals surface area contributed by atoms with Gasteiger partial charge in [-0.25, -0.2) is 0 Å². The van der Waals surface area contributed by atoms with Crippen LogP contribution in [0.5, 0.6) is 5.75 Å². The second kappa shape index (κ2) is 7.58. The molecule has 2 heterocycles. The predicted octanol–water partition coefficient (Wildman–Crippen LogP) is 4.04. The van der Waals surface area contributed by atoms with Gasteiger partial charge in [-0.2, -0.15) is 0 Å². The first-order valence-corrected chi connectivity index (χ1v) is 10.8. The maximum absolute atomic E-state index is 13.1. The topological polar surface area (TPSA) is 58.6 Å². The summed E-state index contributed by atoms with van der Waals surface area (Å²) in [7, 11) is 0. The number of hydrogen-bond acceptors (Lipinski definition) is 3. The number of nitrogens with zero attached hydrogens (tertiary/aromatic N) is 1. The maximum Gasteiger partial charge on any atom is 0.255 e. The Hall–Kier alpha value is -1.75. The van der Waals surface area contributed by atoms with Crippen LogP contribution in [0.4, 0.5) is 0 Å². The van der Waals surface area contributed by atoms with Crippen molar-refractivity contribution in [3.63, 3.8) is 0 Å². The number of ether oxygens (including phenoxy) is 1. The number of benzene rings is 1. The van der Waals surface area contributed by atoms with Gasteiger partial charge in [-0.05, 0) is 69.6 Å². The molecule has 0 bridgehead atoms. The van der Waals surface area contributed by atoms with Crippen molar-refractivity contribution in [2.45, 2.75) is 64.0 Å². The van der Waals surface area contributed by atoms with E-state index >= 15 is 0 Å². The smallest absolute Gasteiger partial charge is 0.255 e. The van der Waals surface area contributed by atoms with Crippen LogP contribution in [0.3, 0.4) is 0 Å². The normalized spacial score (nSPS) is 32.9. The average Bonchev–Trinajstić information content (AvgIpc) is 2.82. The quantitative estimate of drug-likeness (QED) is 0.768. The average molecular weight is 405 g/mol. The van der Waals surface area contributed by atoms with Gasteiger partial charge in [0.05, 0.1) is 12.1 Å². The molecule has 1 aromatic rings. The minimum atomic E-state index is -0.438. The highest BCUT2D eigenvalue weighted by molar-refractivity contribution is 6.31. The fourth-order valence-electron chi connectivity index (χ4n) is 4.93. The van der Waals surface area contributed by atoms with Gasteiger partial charge in [-0.15, -0.1) is 0 Å². The van der Waals surface area contributed by atoms with Crippen molar-refractivity contribution in [2.75, 3.05) is 13.1 Å². The van der Waals surface area contributed by atoms with E-state index in [1.165, 1.54) is 6.42 Å². The number of nitrogens with one attached hydrogen (secondary N) is 1. The van der Waals surface area contributed by atoms with Crippen molar-refractivity contribution in [2.24, 2.45) is 11.8 Å². The summed E-state index contributed by atoms with van der Waals surface area (Å²) in [6.45, 7) is 5.77. The second-order valence-electron chi connectivity index (χ2n) is 8.77. The lowest BCUT2D eigenvalue weighted by Crippen LogP contribution is -2.52. The zero-order valence-corrected chi connectivity index (χ0v) is 17.4. The lowest BCUT2D eigenvalue weighted by molar-refractivity contribution is -0.142. The number of rotatable bonds is 1. The Kier molecular flexibility index (Phi) is 5.30. The highest BCUT2D eigenvalue weighted by atomic mass is 35.5. The van der Waals surface area contributed by atoms with E-state index in [4.69, 9.17) is 16.3 Å². The summed E-state index contributed by atoms with van der Waals surface area (Å²) in [6.07, 6.45) is 5.44. The molecule has 1 saturated heterocycles. The number of fused-ring (bicyclic) bond motifs is 1. The van der Waals surface area contributed by atoms with Crippen LogP contribution in [0.2, 0.25) is 5.02 Å². The van der Waals surface area contributed by atoms with Crippen LogP contribution in [0, 0.1) is 11.8 Å². The molecule has 6 heteroatoms. The van der Waals surface area contributed by atoms with Gasteiger partial charge in [0.1, 0.15) is 11.4 Å². The van der Waals surface area contributed by atoms with Crippen LogP contribution in [0.1, 0.15) is 62.7 Å². The van der Waals surface area contributed by atoms with Crippen molar-refractivity contribution in [3.05, 3.63) is 28.8 Å². The predicted molar refractivity (Wildman–Crippen MR) is 109 cm³/mol. The Morgan fingerprint density at radius 1 is 1.25 bits per heavy atom. The molecular weight excluding hydrogens is 376 g/mol. The number of carbonyl (C=O) groups is 2. The van der Waals surface area contributed by atoms with E-state index in [-0.39, 0.29) is 11.8 Å². The van der Waals surface area contributed by atoms with Crippen LogP contribution in [0.15, 0.2) is 18.2 Å². The molecule has 1 aliphatic carbocycles. The minimum Gasteiger partial charge on any atom is -0.485 e. The number of hydrogen-bond donors (Lipinski definition) is 1. The van der Waals surface area contributed by atoms with E-state index in [1.54, 1.807) is 18.2 Å². The Labute approximate surface area is 171 Å². The monoisotopic (exact) mass is 404 g/mol. The minimum absolute atomic E-state index is 0.0608. The SMILES string of the molecule is CC1CCCN(C(=O)C2CCC3(CC2)CNC(=O)c2cc(Cl)ccc2O3)C1C. The summed E-state index contributed by atoms with van der Waals surface area (Å²) < 4.78 is 6.36. The number of piperidine rings is 1. The van der Waals surface area contributed by atoms with Crippen molar-refractivity contribution in [1.82, 2.24) is 10.2 Å². The van der Waals surface area contributed by atoms with Crippen molar-refractivity contribution in [1.29, 1.82) is 0 Å². The molecule has 2 unspecified atom stereocenters. The summed E-state index contributed by atoms with van der Waals surface area (Å²) in [5.41, 5.74) is 0.0467. The van der Waals surface area contributed by atoms with Gasteiger partial charge in [0.15, 0.2) is 0 Å². The molecule has 2 aliphatic heterocycles. The van der Waals surface area contributed by atoms with E-state index in [1.807, 2.05) is 0 Å². The van der Waals surface area contributed by atoms with Crippen LogP contribution in [-0.4, -0.2) is 41.4 Å². The first-order valence-electron chi connectivity index (χ1n) is 10.5. The van der Waals surface area contributed by atoms with Crippen LogP contribution >= 0.6 is 11.6 Å². The van der Waals surface area contributed by atoms with E-state index in [0.717, 1.165) is 38.6 Å². The molecule has 0 radical (unpaired) electrons. The van der Waals surface area contributed by atoms with E-state index in [2.05, 4.69) is 24.1 Å². The standard InChI is InChI=1S/C22H29ClN2O3/c1-14-4-3-11-25(15(14)2)21(27)16-7-9-22(10-8-16)13-24-20(26)18-12-17(23)5-6-19(18)28-22/h5-6,12,14-16H,3-4,7-11,13H2,1-2H3,(H,24,26). The Morgan fingerprint density at radius 3 is 2.75 bits per heavy atom. The molecule has 3 aliphatic rings. The zero-order valence-electron chi connectivity index (χ0n) is 16.7. The third-order valence-electron chi connectivity index (χ3n) is 6.99. The highest BCUT2D eigenvalue weighted by Gasteiger charge is 2.43. The van der Waals surface area contributed by atoms with E-state index in [0.29, 0.717) is 40.7 Å². The van der Waals surface area contributed by atoms with Gasteiger partial charge in [-0.3, -0.25) is 9.59 Å². The summed E-state index contributed by atoms with van der Waals surface area (Å²) >= 11 is 6.04. The molecular formula is C22H29ClN2O3. The van der Waals surface area contributed by atoms with Crippen molar-refractivity contribution >= 4 is 23.4 Å². The Balaban J connectivity index is 1.45. The molecule has 4 rings (SSSR count). The fraction of sp³-hybridized carbons (Fsp3) is 0.636. The molecule has 1 aromatic carbocycles. The van der Waals surface area contributed by atoms with Gasteiger partial charge < -0.3 is 15.0 Å². The molecule has 2 atom stereocenters. The molecule has 1 N–H and O–H groups in total. The lowest BCUT2D eigenvalue weighted by atomic mass is 9.77. The Bertz CT molecular complexity index is 773. The first-order chi connectivity index (χ1) is 13.4. The van der Waals surface area contributed by atoms with Crippen LogP contribution < -0.4 is 10.1 Å². The number of halogens is 1. The summed E-state index contributed by atoms with van der Waals surface area (Å²) in [4.78, 5) is 27.7. The van der Waals surface area contributed by atoms with Crippen molar-refractivity contribution < 1.29 is 14.3 Å². The largest absolute Gasteiger partial charge is 0.485 e. The van der Waals surface area contributed by atoms with Gasteiger partial charge >= 0.3 is 0 Å². The van der Waals surface area contributed by atoms with Gasteiger partial charge in [0.25, 0.3) is 5.91 Å². The molecule has 1 spiro atoms. The third-order valence-corrected chi connectivity index (χ3v) is 7.22. The summed E-state index contributed by atoms with van der Waals surface area (Å²) in [6, 6.07) is 5.50. The lowest BCUT2D eigenvalue weighted by Gasteiger charge is -2.43. The van der Waals surface area contributed by atoms with Gasteiger partial charge in [-0.1, -0.05) is 18.5 Å². The van der Waals surface area contributed by atoms with E-state index in [9.17, 15) is 9.59 Å². The van der Waals surface area contributed by atoms with Gasteiger partial charge in [0, 0.05) is 23.5 Å². The Morgan fingerprint density at radius 2 is 2.00 bits per heavy atom. The molecule has 5 nitrogen and oxygen atoms in total. The third kappa shape index (κ3) is 3.61. The molecule has 2 fully saturated rings. The fourth-order valence-corrected chi connectivity index (χ4v) is 5.10. The summed E-state index contributed by atoms with van der Waals surface area (Å²) in [5.74, 6) is 1.37. The number of amides is 2. The number of likely N-dealkylation sites (tertiary alicyclic amines) is 1. The van der Waals surface area contributed by atoms with E-state index < -0.39 is 5.60 Å². The molecule has 2 amide bonds. The molecule has 0 aromatic heterocycles. The zero-order chi connectivity index (χ0) is 19.9.